The van der Waals surface area contributed by atoms with Gasteiger partial charge in [-0.15, -0.1) is 22.7 Å². The lowest BCUT2D eigenvalue weighted by Crippen LogP contribution is -2.26. The molecule has 0 fully saturated rings. The molecule has 0 N–H and O–H groups in total. The fraction of sp³-hybridized carbons (Fsp3) is 0.462. The molecule has 0 atom stereocenters. The summed E-state index contributed by atoms with van der Waals surface area (Å²) in [6, 6.07) is 54.9. The Kier molecular flexibility index (Phi) is 35.9. The monoisotopic (exact) mass is 1690 g/mol. The fourth-order valence-corrected chi connectivity index (χ4v) is 18.9. The summed E-state index contributed by atoms with van der Waals surface area (Å²) in [6.07, 6.45) is 47.0. The molecule has 0 amide bonds. The van der Waals surface area contributed by atoms with Crippen LogP contribution in [-0.2, 0) is 25.7 Å². The number of fused-ring (bicyclic) bond motifs is 10. The first-order valence-corrected chi connectivity index (χ1v) is 48.1. The molecule has 0 bridgehead atoms. The van der Waals surface area contributed by atoms with Crippen molar-refractivity contribution < 1.29 is 18.9 Å². The molecule has 118 heavy (non-hydrogen) atoms. The fourth-order valence-electron chi connectivity index (χ4n) is 16.2. The Morgan fingerprint density at radius 2 is 0.441 bits per heavy atom. The lowest BCUT2D eigenvalue weighted by molar-refractivity contribution is 0.440. The van der Waals surface area contributed by atoms with Gasteiger partial charge in [0.25, 0.3) is 20.7 Å². The second-order valence-electron chi connectivity index (χ2n) is 34.0. The third-order valence-electron chi connectivity index (χ3n) is 23.3. The smallest absolute Gasteiger partial charge is 0.264 e. The van der Waals surface area contributed by atoms with E-state index in [2.05, 4.69) is 161 Å². The molecule has 0 saturated heterocycles. The van der Waals surface area contributed by atoms with Crippen LogP contribution in [0.2, 0.25) is 0 Å². The van der Waals surface area contributed by atoms with Gasteiger partial charge >= 0.3 is 0 Å². The summed E-state index contributed by atoms with van der Waals surface area (Å²) in [5.41, 5.74) is 8.43. The zero-order chi connectivity index (χ0) is 83.5. The van der Waals surface area contributed by atoms with Gasteiger partial charge in [0, 0.05) is 119 Å². The van der Waals surface area contributed by atoms with Gasteiger partial charge < -0.3 is 38.5 Å². The topological polar surface area (TPSA) is 49.9 Å². The molecule has 0 aliphatic heterocycles. The molecule has 628 valence electrons. The van der Waals surface area contributed by atoms with Crippen molar-refractivity contribution in [1.29, 1.82) is 0 Å². The molecule has 10 aromatic carbocycles. The van der Waals surface area contributed by atoms with E-state index in [0.29, 0.717) is 44.5 Å². The van der Waals surface area contributed by atoms with Gasteiger partial charge in [-0.1, -0.05) is 280 Å². The van der Waals surface area contributed by atoms with Crippen LogP contribution in [0.15, 0.2) is 146 Å². The number of hydrogen-bond donors (Lipinski definition) is 0. The Labute approximate surface area is 736 Å². The minimum Gasteiger partial charge on any atom is -0.431 e. The molecule has 0 radical (unpaired) electrons. The van der Waals surface area contributed by atoms with Gasteiger partial charge in [-0.25, -0.2) is 0 Å². The number of aryl methyl sites for hydroxylation is 4. The number of thiophene rings is 2. The molecule has 0 aliphatic carbocycles. The van der Waals surface area contributed by atoms with Gasteiger partial charge in [-0.2, -0.15) is 0 Å². The summed E-state index contributed by atoms with van der Waals surface area (Å²) >= 11 is 27.3. The van der Waals surface area contributed by atoms with Crippen LogP contribution in [0.5, 0.6) is 23.0 Å². The quantitative estimate of drug-likeness (QED) is 0.0271. The molecule has 0 saturated carbocycles. The molecule has 2 heterocycles. The lowest BCUT2D eigenvalue weighted by atomic mass is 9.93. The Hall–Kier alpha value is -7.56. The number of nitrogens with zero attached hydrogens (tertiary/aromatic N) is 4. The van der Waals surface area contributed by atoms with Crippen LogP contribution >= 0.6 is 71.5 Å². The Morgan fingerprint density at radius 1 is 0.229 bits per heavy atom. The summed E-state index contributed by atoms with van der Waals surface area (Å²) < 4.78 is 32.2. The number of benzene rings is 10. The van der Waals surface area contributed by atoms with Gasteiger partial charge in [0.05, 0.1) is 0 Å². The highest BCUT2D eigenvalue weighted by Crippen LogP contribution is 2.50. The molecular formula is C104H132N4O4S6. The maximum absolute atomic E-state index is 6.72. The molecule has 0 spiro atoms. The Balaban J connectivity index is 0.000000247. The number of rotatable bonds is 42. The van der Waals surface area contributed by atoms with Crippen molar-refractivity contribution >= 4 is 176 Å². The van der Waals surface area contributed by atoms with E-state index in [-0.39, 0.29) is 10.3 Å². The van der Waals surface area contributed by atoms with E-state index in [4.69, 9.17) is 67.8 Å². The van der Waals surface area contributed by atoms with E-state index in [1.165, 1.54) is 290 Å². The normalized spacial score (nSPS) is 11.6. The zero-order valence-electron chi connectivity index (χ0n) is 73.2. The SMILES string of the molecule is CCCCCCCCCCc1ccc2cc(OC(=S)N(C)C)c(-c3cc(OC(=S)N(C)C)c(-c4cc5cc(CCCCCCCCCC)ccc5cc4OC(=S)N(C)C)cc3OC(=S)N(C)C)cc2c1.CCCCCCCCCCc1ccc2cc3sc4cc5c(cc4c3cc2c1)sc1cc2ccc(CCCCCCCCCC)cc2cc15. The van der Waals surface area contributed by atoms with Gasteiger partial charge in [0.2, 0.25) is 0 Å². The van der Waals surface area contributed by atoms with Crippen LogP contribution in [0.3, 0.4) is 0 Å². The number of unbranched alkanes of at least 4 members (excludes halogenated alkanes) is 28. The van der Waals surface area contributed by atoms with Crippen molar-refractivity contribution in [2.75, 3.05) is 56.4 Å². The summed E-state index contributed by atoms with van der Waals surface area (Å²) in [4.78, 5) is 7.11. The van der Waals surface area contributed by atoms with Crippen molar-refractivity contribution in [1.82, 2.24) is 19.6 Å². The molecule has 2 aromatic heterocycles. The zero-order valence-corrected chi connectivity index (χ0v) is 78.1. The minimum absolute atomic E-state index is 0.277. The number of ether oxygens (including phenoxy) is 4. The van der Waals surface area contributed by atoms with Crippen molar-refractivity contribution in [2.45, 2.75) is 259 Å². The van der Waals surface area contributed by atoms with Crippen LogP contribution in [0.4, 0.5) is 0 Å². The highest BCUT2D eigenvalue weighted by Gasteiger charge is 2.26. The molecule has 8 nitrogen and oxygen atoms in total. The molecule has 12 rings (SSSR count). The van der Waals surface area contributed by atoms with Gasteiger partial charge in [-0.3, -0.25) is 0 Å². The first-order valence-electron chi connectivity index (χ1n) is 44.9. The van der Waals surface area contributed by atoms with Crippen LogP contribution < -0.4 is 18.9 Å². The first-order chi connectivity index (χ1) is 57.3. The van der Waals surface area contributed by atoms with Crippen molar-refractivity contribution in [2.24, 2.45) is 0 Å². The van der Waals surface area contributed by atoms with E-state index in [9.17, 15) is 0 Å². The molecule has 14 heteroatoms. The third kappa shape index (κ3) is 25.8. The highest BCUT2D eigenvalue weighted by molar-refractivity contribution is 7.80. The summed E-state index contributed by atoms with van der Waals surface area (Å²) in [5, 5.41) is 16.6. The highest BCUT2D eigenvalue weighted by atomic mass is 32.1. The van der Waals surface area contributed by atoms with Crippen LogP contribution in [0.25, 0.3) is 106 Å². The molecular weight excluding hydrogens is 1560 g/mol. The summed E-state index contributed by atoms with van der Waals surface area (Å²) in [6.45, 7) is 9.13. The van der Waals surface area contributed by atoms with E-state index >= 15 is 0 Å². The van der Waals surface area contributed by atoms with Crippen LogP contribution in [0, 0.1) is 0 Å². The third-order valence-corrected chi connectivity index (χ3v) is 27.3. The van der Waals surface area contributed by atoms with E-state index in [0.717, 1.165) is 58.4 Å². The second-order valence-corrected chi connectivity index (χ2v) is 37.5. The van der Waals surface area contributed by atoms with Gasteiger partial charge in [0.15, 0.2) is 0 Å². The predicted molar refractivity (Wildman–Crippen MR) is 532 cm³/mol. The van der Waals surface area contributed by atoms with Crippen LogP contribution in [-0.4, -0.2) is 96.7 Å². The number of thiocarbonyl (C=S) groups is 4. The molecule has 0 aliphatic rings. The summed E-state index contributed by atoms with van der Waals surface area (Å²) in [5.74, 6) is 2.09. The lowest BCUT2D eigenvalue weighted by Gasteiger charge is -2.24. The van der Waals surface area contributed by atoms with E-state index in [1.54, 1.807) is 19.6 Å². The van der Waals surface area contributed by atoms with Crippen molar-refractivity contribution in [3.63, 3.8) is 0 Å². The standard InChI is InChI=1S/C58H78N4O4S4.C46H54S2/c1-11-13-15-17-19-21-23-25-27-41-29-31-43-37-51(63-55(67)59(3)4)47(35-45(43)33-41)49-39-54(66-58(70)62(9)10)50(40-53(49)65-57(69)61(7)8)48-36-46-34-42(28-26-24-22-20-18-16-14-12-2)30-32-44(46)38-52(48)64-56(68)60(5)6;1-3-5-7-9-11-13-15-17-19-33-21-23-35-29-43-39(27-37(35)25-33)41-31-46-42(32-45(41)47-43)40-28-38-26-34(22-24-36(38)30-44(40)48-46)20-18-16-14-12-10-8-6-4-2/h29-40H,11-28H2,1-10H3;21-32H,3-20H2,1-2H3. The van der Waals surface area contributed by atoms with E-state index < -0.39 is 0 Å². The Bertz CT molecular complexity index is 5010. The minimum atomic E-state index is 0.277. The molecule has 0 unspecified atom stereocenters. The predicted octanol–water partition coefficient (Wildman–Crippen LogP) is 31.7. The maximum atomic E-state index is 6.72. The molecule has 12 aromatic rings. The summed E-state index contributed by atoms with van der Waals surface area (Å²) in [7, 11) is 15.0. The van der Waals surface area contributed by atoms with Crippen LogP contribution in [0.1, 0.15) is 255 Å². The average Bonchev–Trinajstić information content (AvgIpc) is 1.69. The van der Waals surface area contributed by atoms with Gasteiger partial charge in [0.1, 0.15) is 23.0 Å². The van der Waals surface area contributed by atoms with Crippen molar-refractivity contribution in [3.8, 4) is 45.3 Å². The largest absolute Gasteiger partial charge is 0.431 e. The number of hydrogen-bond acceptors (Lipinski definition) is 10. The second kappa shape index (κ2) is 46.5. The average molecular weight is 1690 g/mol. The van der Waals surface area contributed by atoms with Crippen molar-refractivity contribution in [3.05, 3.63) is 168 Å². The Morgan fingerprint density at radius 3 is 0.703 bits per heavy atom. The van der Waals surface area contributed by atoms with E-state index in [1.807, 2.05) is 91.2 Å². The first kappa shape index (κ1) is 91.2. The van der Waals surface area contributed by atoms with Gasteiger partial charge in [-0.05, 0) is 238 Å². The maximum Gasteiger partial charge on any atom is 0.264 e.